The molecule has 0 saturated carbocycles. The van der Waals surface area contributed by atoms with Crippen LogP contribution in [0.4, 0.5) is 4.79 Å². The molecule has 0 radical (unpaired) electrons. The molecule has 0 aliphatic carbocycles. The summed E-state index contributed by atoms with van der Waals surface area (Å²) in [5.41, 5.74) is 0.539. The van der Waals surface area contributed by atoms with Crippen LogP contribution in [-0.4, -0.2) is 49.4 Å². The van der Waals surface area contributed by atoms with Crippen LogP contribution in [0.3, 0.4) is 0 Å². The fraction of sp³-hybridized carbons (Fsp3) is 0.227. The van der Waals surface area contributed by atoms with Crippen molar-refractivity contribution < 1.29 is 33.3 Å². The number of ether oxygens (including phenoxy) is 4. The van der Waals surface area contributed by atoms with Crippen molar-refractivity contribution in [2.75, 3.05) is 27.4 Å². The number of imide groups is 1. The lowest BCUT2D eigenvalue weighted by Gasteiger charge is -2.14. The smallest absolute Gasteiger partial charge is 0.308 e. The second-order valence-corrected chi connectivity index (χ2v) is 7.91. The van der Waals surface area contributed by atoms with Gasteiger partial charge in [0.15, 0.2) is 11.5 Å². The van der Waals surface area contributed by atoms with Crippen molar-refractivity contribution in [1.82, 2.24) is 4.90 Å². The highest BCUT2D eigenvalue weighted by Crippen LogP contribution is 2.40. The average molecular weight is 478 g/mol. The summed E-state index contributed by atoms with van der Waals surface area (Å²) in [4.78, 5) is 37.8. The van der Waals surface area contributed by atoms with Crippen LogP contribution < -0.4 is 18.9 Å². The Bertz CT molecular complexity index is 1040. The third-order valence-electron chi connectivity index (χ3n) is 4.30. The quantitative estimate of drug-likeness (QED) is 0.314. The zero-order valence-corrected chi connectivity index (χ0v) is 19.1. The van der Waals surface area contributed by atoms with Crippen molar-refractivity contribution >= 4 is 46.6 Å². The number of methoxy groups -OCH3 is 2. The number of thioether (sulfide) groups is 1. The molecule has 32 heavy (non-hydrogen) atoms. The van der Waals surface area contributed by atoms with Crippen LogP contribution in [-0.2, 0) is 9.59 Å². The van der Waals surface area contributed by atoms with Crippen LogP contribution in [0, 0.1) is 0 Å². The molecule has 0 spiro atoms. The molecule has 2 aromatic rings. The zero-order valence-electron chi connectivity index (χ0n) is 17.5. The number of halogens is 1. The number of hydrogen-bond acceptors (Lipinski definition) is 8. The van der Waals surface area contributed by atoms with Crippen molar-refractivity contribution in [3.05, 3.63) is 51.9 Å². The summed E-state index contributed by atoms with van der Waals surface area (Å²) in [6.07, 6.45) is 1.55. The molecule has 2 aromatic carbocycles. The molecule has 2 amide bonds. The van der Waals surface area contributed by atoms with Crippen LogP contribution in [0.25, 0.3) is 6.08 Å². The molecule has 0 aromatic heterocycles. The Morgan fingerprint density at radius 2 is 1.72 bits per heavy atom. The maximum atomic E-state index is 12.7. The van der Waals surface area contributed by atoms with Gasteiger partial charge in [0.1, 0.15) is 12.4 Å². The Morgan fingerprint density at radius 3 is 2.28 bits per heavy atom. The van der Waals surface area contributed by atoms with Gasteiger partial charge >= 0.3 is 5.97 Å². The third kappa shape index (κ3) is 5.54. The molecule has 10 heteroatoms. The summed E-state index contributed by atoms with van der Waals surface area (Å²) in [5.74, 6) is 0.261. The van der Waals surface area contributed by atoms with Crippen molar-refractivity contribution in [3.63, 3.8) is 0 Å². The maximum absolute atomic E-state index is 12.7. The predicted molar refractivity (Wildman–Crippen MR) is 120 cm³/mol. The van der Waals surface area contributed by atoms with Gasteiger partial charge in [0.25, 0.3) is 11.1 Å². The Morgan fingerprint density at radius 1 is 1.09 bits per heavy atom. The van der Waals surface area contributed by atoms with Crippen molar-refractivity contribution in [2.45, 2.75) is 6.92 Å². The van der Waals surface area contributed by atoms with Gasteiger partial charge in [0, 0.05) is 11.9 Å². The topological polar surface area (TPSA) is 91.4 Å². The number of hydrogen-bond donors (Lipinski definition) is 0. The number of rotatable bonds is 8. The van der Waals surface area contributed by atoms with E-state index in [1.54, 1.807) is 42.5 Å². The number of nitrogens with zero attached hydrogens (tertiary/aromatic N) is 1. The van der Waals surface area contributed by atoms with E-state index in [4.69, 9.17) is 30.5 Å². The first-order chi connectivity index (χ1) is 15.3. The summed E-state index contributed by atoms with van der Waals surface area (Å²) >= 11 is 6.66. The van der Waals surface area contributed by atoms with Gasteiger partial charge in [-0.15, -0.1) is 0 Å². The van der Waals surface area contributed by atoms with Crippen molar-refractivity contribution in [2.24, 2.45) is 0 Å². The highest BCUT2D eigenvalue weighted by molar-refractivity contribution is 8.18. The molecule has 0 unspecified atom stereocenters. The second kappa shape index (κ2) is 10.4. The lowest BCUT2D eigenvalue weighted by molar-refractivity contribution is -0.132. The number of carbonyl (C=O) groups is 3. The minimum absolute atomic E-state index is 0.0999. The molecule has 1 heterocycles. The summed E-state index contributed by atoms with van der Waals surface area (Å²) in [7, 11) is 2.83. The van der Waals surface area contributed by atoms with E-state index in [2.05, 4.69) is 0 Å². The Labute approximate surface area is 194 Å². The van der Waals surface area contributed by atoms with E-state index in [-0.39, 0.29) is 35.3 Å². The molecule has 0 atom stereocenters. The van der Waals surface area contributed by atoms with Gasteiger partial charge in [-0.25, -0.2) is 0 Å². The highest BCUT2D eigenvalue weighted by Gasteiger charge is 2.35. The highest BCUT2D eigenvalue weighted by atomic mass is 35.5. The normalized spacial score (nSPS) is 14.6. The standard InChI is InChI=1S/C22H20ClNO7S/c1-13(25)31-20-17(28-2)10-14(11-18(20)29-3)12-19-21(26)24(22(27)32-19)8-9-30-16-6-4-15(23)5-7-16/h4-7,10-12H,8-9H2,1-3H3/b19-12-. The minimum Gasteiger partial charge on any atom is -0.493 e. The van der Waals surface area contributed by atoms with Crippen molar-refractivity contribution in [3.8, 4) is 23.0 Å². The summed E-state index contributed by atoms with van der Waals surface area (Å²) in [5, 5.41) is 0.194. The molecule has 0 bridgehead atoms. The van der Waals surface area contributed by atoms with E-state index < -0.39 is 17.1 Å². The fourth-order valence-corrected chi connectivity index (χ4v) is 3.85. The predicted octanol–water partition coefficient (Wildman–Crippen LogP) is 4.40. The van der Waals surface area contributed by atoms with Gasteiger partial charge in [-0.1, -0.05) is 11.6 Å². The molecular formula is C22H20ClNO7S. The molecular weight excluding hydrogens is 458 g/mol. The summed E-state index contributed by atoms with van der Waals surface area (Å²) < 4.78 is 21.3. The number of carbonyl (C=O) groups excluding carboxylic acids is 3. The van der Waals surface area contributed by atoms with Gasteiger partial charge in [-0.3, -0.25) is 19.3 Å². The van der Waals surface area contributed by atoms with E-state index in [1.807, 2.05) is 0 Å². The first-order valence-corrected chi connectivity index (χ1v) is 10.6. The number of esters is 1. The molecule has 168 valence electrons. The Hall–Kier alpha value is -3.17. The summed E-state index contributed by atoms with van der Waals surface area (Å²) in [6.45, 7) is 1.51. The lowest BCUT2D eigenvalue weighted by Crippen LogP contribution is -2.32. The minimum atomic E-state index is -0.531. The number of benzene rings is 2. The number of amides is 2. The maximum Gasteiger partial charge on any atom is 0.308 e. The van der Waals surface area contributed by atoms with E-state index in [1.165, 1.54) is 21.1 Å². The van der Waals surface area contributed by atoms with E-state index in [0.29, 0.717) is 16.3 Å². The van der Waals surface area contributed by atoms with Gasteiger partial charge in [-0.05, 0) is 59.8 Å². The molecule has 3 rings (SSSR count). The van der Waals surface area contributed by atoms with E-state index in [0.717, 1.165) is 16.7 Å². The molecule has 1 saturated heterocycles. The van der Waals surface area contributed by atoms with E-state index >= 15 is 0 Å². The second-order valence-electron chi connectivity index (χ2n) is 6.48. The molecule has 1 aliphatic rings. The van der Waals surface area contributed by atoms with Gasteiger partial charge in [-0.2, -0.15) is 0 Å². The zero-order chi connectivity index (χ0) is 23.3. The fourth-order valence-electron chi connectivity index (χ4n) is 2.86. The first kappa shape index (κ1) is 23.5. The average Bonchev–Trinajstić information content (AvgIpc) is 3.02. The monoisotopic (exact) mass is 477 g/mol. The molecule has 1 fully saturated rings. The van der Waals surface area contributed by atoms with Crippen LogP contribution in [0.15, 0.2) is 41.3 Å². The molecule has 8 nitrogen and oxygen atoms in total. The van der Waals surface area contributed by atoms with Gasteiger partial charge in [0.05, 0.1) is 25.7 Å². The van der Waals surface area contributed by atoms with Crippen molar-refractivity contribution in [1.29, 1.82) is 0 Å². The third-order valence-corrected chi connectivity index (χ3v) is 5.46. The SMILES string of the molecule is COc1cc(/C=C2\SC(=O)N(CCOc3ccc(Cl)cc3)C2=O)cc(OC)c1OC(C)=O. The Balaban J connectivity index is 1.74. The first-order valence-electron chi connectivity index (χ1n) is 9.40. The van der Waals surface area contributed by atoms with Crippen LogP contribution in [0.2, 0.25) is 5.02 Å². The van der Waals surface area contributed by atoms with Gasteiger partial charge in [0.2, 0.25) is 5.75 Å². The lowest BCUT2D eigenvalue weighted by atomic mass is 10.1. The van der Waals surface area contributed by atoms with Crippen LogP contribution >= 0.6 is 23.4 Å². The molecule has 0 N–H and O–H groups in total. The largest absolute Gasteiger partial charge is 0.493 e. The van der Waals surface area contributed by atoms with Crippen LogP contribution in [0.1, 0.15) is 12.5 Å². The Kier molecular flexibility index (Phi) is 7.66. The van der Waals surface area contributed by atoms with Crippen LogP contribution in [0.5, 0.6) is 23.0 Å². The van der Waals surface area contributed by atoms with E-state index in [9.17, 15) is 14.4 Å². The molecule has 1 aliphatic heterocycles. The van der Waals surface area contributed by atoms with Gasteiger partial charge < -0.3 is 18.9 Å². The summed E-state index contributed by atoms with van der Waals surface area (Å²) in [6, 6.07) is 9.95.